The van der Waals surface area contributed by atoms with Crippen LogP contribution in [0.1, 0.15) is 31.5 Å². The van der Waals surface area contributed by atoms with Gasteiger partial charge in [0.1, 0.15) is 11.6 Å². The van der Waals surface area contributed by atoms with Crippen LogP contribution in [-0.2, 0) is 21.7 Å². The molecule has 1 aromatic heterocycles. The molecule has 12 heteroatoms. The van der Waals surface area contributed by atoms with Crippen LogP contribution >= 0.6 is 0 Å². The Balaban J connectivity index is 0.000000364. The number of carboxylic acids is 1. The molecule has 3 heterocycles. The van der Waals surface area contributed by atoms with Gasteiger partial charge in [-0.2, -0.15) is 13.2 Å². The minimum atomic E-state index is -5.08. The summed E-state index contributed by atoms with van der Waals surface area (Å²) >= 11 is 0. The Bertz CT molecular complexity index is 1070. The standard InChI is InChI=1S/C21H27N5O2.C2HF3O2/c1-24-13-18-22-23-19(15-5-7-17(28-2)8-6-15)26(18)21(14-24)9-11-25(12-10-21)20(27)16-3-4-16;3-2(4,5)1(6)7/h5-8,16H,3-4,9-14H2,1-2H3;(H,6,7). The van der Waals surface area contributed by atoms with E-state index >= 15 is 0 Å². The smallest absolute Gasteiger partial charge is 0.490 e. The number of benzene rings is 1. The van der Waals surface area contributed by atoms with Crippen LogP contribution in [0.15, 0.2) is 24.3 Å². The summed E-state index contributed by atoms with van der Waals surface area (Å²) in [6, 6.07) is 8.03. The van der Waals surface area contributed by atoms with E-state index < -0.39 is 12.1 Å². The molecule has 5 rings (SSSR count). The Morgan fingerprint density at radius 3 is 2.23 bits per heavy atom. The van der Waals surface area contributed by atoms with Crippen molar-refractivity contribution >= 4 is 11.9 Å². The number of alkyl halides is 3. The van der Waals surface area contributed by atoms with E-state index in [1.54, 1.807) is 7.11 Å². The van der Waals surface area contributed by atoms with Crippen molar-refractivity contribution in [2.45, 2.75) is 43.9 Å². The van der Waals surface area contributed by atoms with E-state index in [1.807, 2.05) is 24.3 Å². The summed E-state index contributed by atoms with van der Waals surface area (Å²) in [4.78, 5) is 25.8. The Hall–Kier alpha value is -3.15. The van der Waals surface area contributed by atoms with E-state index in [9.17, 15) is 18.0 Å². The van der Waals surface area contributed by atoms with Crippen molar-refractivity contribution in [1.82, 2.24) is 24.6 Å². The Labute approximate surface area is 200 Å². The predicted molar refractivity (Wildman–Crippen MR) is 119 cm³/mol. The number of nitrogens with zero attached hydrogens (tertiary/aromatic N) is 5. The quantitative estimate of drug-likeness (QED) is 0.699. The zero-order valence-corrected chi connectivity index (χ0v) is 19.6. The molecular weight excluding hydrogens is 467 g/mol. The number of ether oxygens (including phenoxy) is 1. The largest absolute Gasteiger partial charge is 0.497 e. The number of piperidine rings is 1. The van der Waals surface area contributed by atoms with Gasteiger partial charge in [0.2, 0.25) is 5.91 Å². The third-order valence-electron chi connectivity index (χ3n) is 6.70. The number of likely N-dealkylation sites (N-methyl/N-ethyl adjacent to an activating group) is 1. The first-order valence-corrected chi connectivity index (χ1v) is 11.4. The molecule has 35 heavy (non-hydrogen) atoms. The van der Waals surface area contributed by atoms with E-state index in [-0.39, 0.29) is 5.54 Å². The normalized spacial score (nSPS) is 19.5. The average Bonchev–Trinajstić information content (AvgIpc) is 3.58. The molecule has 2 aromatic rings. The van der Waals surface area contributed by atoms with Crippen LogP contribution in [0.2, 0.25) is 0 Å². The fourth-order valence-corrected chi connectivity index (χ4v) is 4.83. The van der Waals surface area contributed by atoms with Crippen LogP contribution in [0.5, 0.6) is 5.75 Å². The summed E-state index contributed by atoms with van der Waals surface area (Å²) in [5.41, 5.74) is 1.00. The number of carboxylic acid groups (broad SMARTS) is 1. The molecule has 1 amide bonds. The van der Waals surface area contributed by atoms with E-state index in [0.29, 0.717) is 11.8 Å². The summed E-state index contributed by atoms with van der Waals surface area (Å²) in [6.07, 6.45) is -1.05. The SMILES string of the molecule is COc1ccc(-c2nnc3n2C2(CCN(C(=O)C4CC4)CC2)CN(C)C3)cc1.O=C(O)C(F)(F)F. The zero-order valence-electron chi connectivity index (χ0n) is 19.6. The lowest BCUT2D eigenvalue weighted by molar-refractivity contribution is -0.192. The van der Waals surface area contributed by atoms with Crippen molar-refractivity contribution in [2.24, 2.45) is 5.92 Å². The van der Waals surface area contributed by atoms with Crippen LogP contribution in [0.4, 0.5) is 13.2 Å². The number of hydrogen-bond acceptors (Lipinski definition) is 6. The van der Waals surface area contributed by atoms with Crippen molar-refractivity contribution < 1.29 is 32.6 Å². The highest BCUT2D eigenvalue weighted by molar-refractivity contribution is 5.81. The Morgan fingerprint density at radius 1 is 1.11 bits per heavy atom. The molecule has 2 fully saturated rings. The first-order chi connectivity index (χ1) is 16.5. The van der Waals surface area contributed by atoms with E-state index in [0.717, 1.165) is 74.8 Å². The number of aromatic nitrogens is 3. The summed E-state index contributed by atoms with van der Waals surface area (Å²) < 4.78 is 39.4. The van der Waals surface area contributed by atoms with Gasteiger partial charge in [-0.3, -0.25) is 9.69 Å². The summed E-state index contributed by atoms with van der Waals surface area (Å²) in [7, 11) is 3.82. The van der Waals surface area contributed by atoms with E-state index in [2.05, 4.69) is 31.6 Å². The van der Waals surface area contributed by atoms with Gasteiger partial charge in [-0.1, -0.05) is 0 Å². The molecule has 0 atom stereocenters. The van der Waals surface area contributed by atoms with Crippen molar-refractivity contribution in [3.63, 3.8) is 0 Å². The third kappa shape index (κ3) is 5.26. The van der Waals surface area contributed by atoms with Gasteiger partial charge in [-0.25, -0.2) is 4.79 Å². The second-order valence-corrected chi connectivity index (χ2v) is 9.30. The second kappa shape index (κ2) is 9.48. The number of hydrogen-bond donors (Lipinski definition) is 1. The number of aliphatic carboxylic acids is 1. The Kier molecular flexibility index (Phi) is 6.76. The lowest BCUT2D eigenvalue weighted by Crippen LogP contribution is -2.56. The minimum Gasteiger partial charge on any atom is -0.497 e. The summed E-state index contributed by atoms with van der Waals surface area (Å²) in [5.74, 6) is 0.673. The topological polar surface area (TPSA) is 101 Å². The number of amides is 1. The van der Waals surface area contributed by atoms with Crippen LogP contribution in [0.25, 0.3) is 11.4 Å². The fourth-order valence-electron chi connectivity index (χ4n) is 4.83. The molecular formula is C23H28F3N5O4. The number of rotatable bonds is 3. The first kappa shape index (κ1) is 25.0. The lowest BCUT2D eigenvalue weighted by Gasteiger charge is -2.48. The van der Waals surface area contributed by atoms with Gasteiger partial charge in [-0.15, -0.1) is 10.2 Å². The maximum Gasteiger partial charge on any atom is 0.490 e. The molecule has 1 saturated carbocycles. The van der Waals surface area contributed by atoms with Crippen molar-refractivity contribution in [2.75, 3.05) is 33.8 Å². The van der Waals surface area contributed by atoms with Crippen molar-refractivity contribution in [1.29, 1.82) is 0 Å². The van der Waals surface area contributed by atoms with Gasteiger partial charge >= 0.3 is 12.1 Å². The van der Waals surface area contributed by atoms with Gasteiger partial charge in [0, 0.05) is 31.1 Å². The highest BCUT2D eigenvalue weighted by atomic mass is 19.4. The first-order valence-electron chi connectivity index (χ1n) is 11.4. The van der Waals surface area contributed by atoms with Crippen LogP contribution in [0, 0.1) is 5.92 Å². The second-order valence-electron chi connectivity index (χ2n) is 9.30. The number of likely N-dealkylation sites (tertiary alicyclic amines) is 1. The maximum absolute atomic E-state index is 12.5. The maximum atomic E-state index is 12.5. The van der Waals surface area contributed by atoms with Crippen molar-refractivity contribution in [3.8, 4) is 17.1 Å². The number of fused-ring (bicyclic) bond motifs is 2. The molecule has 1 aromatic carbocycles. The van der Waals surface area contributed by atoms with Crippen LogP contribution in [-0.4, -0.2) is 81.5 Å². The highest BCUT2D eigenvalue weighted by Crippen LogP contribution is 2.40. The zero-order chi connectivity index (χ0) is 25.4. The van der Waals surface area contributed by atoms with E-state index in [1.165, 1.54) is 0 Å². The monoisotopic (exact) mass is 495 g/mol. The van der Waals surface area contributed by atoms with Crippen LogP contribution in [0.3, 0.4) is 0 Å². The minimum absolute atomic E-state index is 0.0541. The fraction of sp³-hybridized carbons (Fsp3) is 0.565. The number of carbonyl (C=O) groups is 2. The molecule has 1 spiro atoms. The molecule has 0 bridgehead atoms. The summed E-state index contributed by atoms with van der Waals surface area (Å²) in [5, 5.41) is 16.2. The van der Waals surface area contributed by atoms with Gasteiger partial charge < -0.3 is 19.3 Å². The van der Waals surface area contributed by atoms with Gasteiger partial charge in [0.25, 0.3) is 0 Å². The molecule has 0 unspecified atom stereocenters. The molecule has 1 saturated heterocycles. The lowest BCUT2D eigenvalue weighted by atomic mass is 9.84. The third-order valence-corrected chi connectivity index (χ3v) is 6.70. The van der Waals surface area contributed by atoms with Crippen molar-refractivity contribution in [3.05, 3.63) is 30.1 Å². The molecule has 190 valence electrons. The highest BCUT2D eigenvalue weighted by Gasteiger charge is 2.45. The van der Waals surface area contributed by atoms with Gasteiger partial charge in [-0.05, 0) is 57.0 Å². The molecule has 1 aliphatic carbocycles. The molecule has 0 radical (unpaired) electrons. The molecule has 3 aliphatic rings. The Morgan fingerprint density at radius 2 is 1.71 bits per heavy atom. The van der Waals surface area contributed by atoms with Gasteiger partial charge in [0.05, 0.1) is 19.2 Å². The molecule has 2 aliphatic heterocycles. The van der Waals surface area contributed by atoms with Gasteiger partial charge in [0.15, 0.2) is 5.82 Å². The summed E-state index contributed by atoms with van der Waals surface area (Å²) in [6.45, 7) is 3.41. The molecule has 1 N–H and O–H groups in total. The van der Waals surface area contributed by atoms with E-state index in [4.69, 9.17) is 14.6 Å². The number of methoxy groups -OCH3 is 1. The number of halogens is 3. The number of carbonyl (C=O) groups excluding carboxylic acids is 1. The van der Waals surface area contributed by atoms with Crippen LogP contribution < -0.4 is 4.74 Å². The molecule has 9 nitrogen and oxygen atoms in total. The average molecular weight is 496 g/mol. The predicted octanol–water partition coefficient (Wildman–Crippen LogP) is 2.76.